The zero-order valence-electron chi connectivity index (χ0n) is 10.9. The first-order chi connectivity index (χ1) is 8.90. The maximum atomic E-state index is 4.23. The Labute approximate surface area is 109 Å². The Kier molecular flexibility index (Phi) is 3.74. The van der Waals surface area contributed by atoms with Crippen molar-refractivity contribution in [2.24, 2.45) is 5.92 Å². The van der Waals surface area contributed by atoms with Crippen LogP contribution in [0.25, 0.3) is 0 Å². The molecule has 0 spiro atoms. The third kappa shape index (κ3) is 2.99. The highest BCUT2D eigenvalue weighted by atomic mass is 15.2. The van der Waals surface area contributed by atoms with Crippen LogP contribution in [0.3, 0.4) is 0 Å². The number of likely N-dealkylation sites (tertiary alicyclic amines) is 1. The first kappa shape index (κ1) is 11.9. The van der Waals surface area contributed by atoms with Crippen molar-refractivity contribution in [2.45, 2.75) is 38.1 Å². The molecule has 0 atom stereocenters. The van der Waals surface area contributed by atoms with Crippen LogP contribution in [-0.4, -0.2) is 40.5 Å². The van der Waals surface area contributed by atoms with E-state index in [0.29, 0.717) is 6.04 Å². The van der Waals surface area contributed by atoms with Gasteiger partial charge in [-0.25, -0.2) is 9.97 Å². The molecule has 2 fully saturated rings. The topological polar surface area (TPSA) is 41.0 Å². The standard InChI is InChI=1S/C14H22N4/c1-2-12(3-1)10-18-8-5-13(6-9-18)17-14-4-7-15-11-16-14/h4,7,11-13H,1-3,5-6,8-10H2,(H,15,16,17). The largest absolute Gasteiger partial charge is 0.367 e. The Bertz CT molecular complexity index is 355. The van der Waals surface area contributed by atoms with Gasteiger partial charge in [-0.3, -0.25) is 0 Å². The van der Waals surface area contributed by atoms with Crippen LogP contribution in [0.1, 0.15) is 32.1 Å². The lowest BCUT2D eigenvalue weighted by atomic mass is 9.84. The minimum atomic E-state index is 0.581. The van der Waals surface area contributed by atoms with Gasteiger partial charge in [0.05, 0.1) is 0 Å². The second kappa shape index (κ2) is 5.65. The summed E-state index contributed by atoms with van der Waals surface area (Å²) in [6.45, 7) is 3.80. The predicted molar refractivity (Wildman–Crippen MR) is 72.5 cm³/mol. The summed E-state index contributed by atoms with van der Waals surface area (Å²) in [6, 6.07) is 2.53. The molecule has 3 rings (SSSR count). The van der Waals surface area contributed by atoms with Gasteiger partial charge in [0.15, 0.2) is 0 Å². The van der Waals surface area contributed by atoms with Gasteiger partial charge in [0.25, 0.3) is 0 Å². The first-order valence-corrected chi connectivity index (χ1v) is 7.15. The van der Waals surface area contributed by atoms with Crippen molar-refractivity contribution in [3.05, 3.63) is 18.6 Å². The zero-order valence-corrected chi connectivity index (χ0v) is 10.9. The molecule has 1 saturated heterocycles. The van der Waals surface area contributed by atoms with Gasteiger partial charge in [-0.2, -0.15) is 0 Å². The molecule has 1 N–H and O–H groups in total. The molecule has 98 valence electrons. The van der Waals surface area contributed by atoms with E-state index >= 15 is 0 Å². The summed E-state index contributed by atoms with van der Waals surface area (Å²) in [5.41, 5.74) is 0. The fourth-order valence-electron chi connectivity index (χ4n) is 2.89. The molecule has 1 saturated carbocycles. The number of nitrogens with one attached hydrogen (secondary N) is 1. The maximum absolute atomic E-state index is 4.23. The number of piperidine rings is 1. The molecule has 4 heteroatoms. The zero-order chi connectivity index (χ0) is 12.2. The molecule has 0 amide bonds. The van der Waals surface area contributed by atoms with Crippen LogP contribution < -0.4 is 5.32 Å². The van der Waals surface area contributed by atoms with Crippen molar-refractivity contribution in [2.75, 3.05) is 25.0 Å². The molecule has 0 unspecified atom stereocenters. The van der Waals surface area contributed by atoms with E-state index < -0.39 is 0 Å². The number of hydrogen-bond acceptors (Lipinski definition) is 4. The predicted octanol–water partition coefficient (Wildman–Crippen LogP) is 2.15. The molecule has 2 aliphatic rings. The van der Waals surface area contributed by atoms with E-state index in [1.54, 1.807) is 12.5 Å². The number of nitrogens with zero attached hydrogens (tertiary/aromatic N) is 3. The monoisotopic (exact) mass is 246 g/mol. The summed E-state index contributed by atoms with van der Waals surface area (Å²) in [6.07, 6.45) is 10.2. The molecule has 1 aromatic heterocycles. The van der Waals surface area contributed by atoms with Gasteiger partial charge in [0, 0.05) is 31.9 Å². The van der Waals surface area contributed by atoms with Crippen LogP contribution in [0.5, 0.6) is 0 Å². The number of rotatable bonds is 4. The van der Waals surface area contributed by atoms with Crippen molar-refractivity contribution in [1.82, 2.24) is 14.9 Å². The van der Waals surface area contributed by atoms with Crippen molar-refractivity contribution < 1.29 is 0 Å². The minimum Gasteiger partial charge on any atom is -0.367 e. The second-order valence-corrected chi connectivity index (χ2v) is 5.61. The van der Waals surface area contributed by atoms with E-state index in [9.17, 15) is 0 Å². The van der Waals surface area contributed by atoms with Gasteiger partial charge in [-0.1, -0.05) is 6.42 Å². The SMILES string of the molecule is c1cc(NC2CCN(CC3CCC3)CC2)ncn1. The molecule has 0 bridgehead atoms. The summed E-state index contributed by atoms with van der Waals surface area (Å²) < 4.78 is 0. The number of anilines is 1. The summed E-state index contributed by atoms with van der Waals surface area (Å²) in [4.78, 5) is 10.8. The second-order valence-electron chi connectivity index (χ2n) is 5.61. The lowest BCUT2D eigenvalue weighted by Crippen LogP contribution is -2.42. The fraction of sp³-hybridized carbons (Fsp3) is 0.714. The summed E-state index contributed by atoms with van der Waals surface area (Å²) >= 11 is 0. The van der Waals surface area contributed by atoms with Crippen LogP contribution in [0.2, 0.25) is 0 Å². The highest BCUT2D eigenvalue weighted by molar-refractivity contribution is 5.33. The van der Waals surface area contributed by atoms with Crippen molar-refractivity contribution in [1.29, 1.82) is 0 Å². The van der Waals surface area contributed by atoms with Gasteiger partial charge in [-0.05, 0) is 37.7 Å². The van der Waals surface area contributed by atoms with E-state index in [1.807, 2.05) is 6.07 Å². The summed E-state index contributed by atoms with van der Waals surface area (Å²) in [5.74, 6) is 1.96. The molecule has 0 radical (unpaired) electrons. The van der Waals surface area contributed by atoms with Crippen LogP contribution in [0.15, 0.2) is 18.6 Å². The van der Waals surface area contributed by atoms with E-state index in [1.165, 1.54) is 51.7 Å². The quantitative estimate of drug-likeness (QED) is 0.884. The lowest BCUT2D eigenvalue weighted by molar-refractivity contribution is 0.150. The lowest BCUT2D eigenvalue weighted by Gasteiger charge is -2.37. The van der Waals surface area contributed by atoms with E-state index in [0.717, 1.165) is 11.7 Å². The molecule has 0 aromatic carbocycles. The fourth-order valence-corrected chi connectivity index (χ4v) is 2.89. The van der Waals surface area contributed by atoms with Crippen LogP contribution in [0, 0.1) is 5.92 Å². The smallest absolute Gasteiger partial charge is 0.129 e. The van der Waals surface area contributed by atoms with E-state index in [4.69, 9.17) is 0 Å². The maximum Gasteiger partial charge on any atom is 0.129 e. The molecule has 4 nitrogen and oxygen atoms in total. The minimum absolute atomic E-state index is 0.581. The molecule has 18 heavy (non-hydrogen) atoms. The molecule has 1 aromatic rings. The highest BCUT2D eigenvalue weighted by Crippen LogP contribution is 2.28. The van der Waals surface area contributed by atoms with Gasteiger partial charge in [-0.15, -0.1) is 0 Å². The van der Waals surface area contributed by atoms with E-state index in [2.05, 4.69) is 20.2 Å². The highest BCUT2D eigenvalue weighted by Gasteiger charge is 2.24. The van der Waals surface area contributed by atoms with Crippen molar-refractivity contribution >= 4 is 5.82 Å². The van der Waals surface area contributed by atoms with Gasteiger partial charge >= 0.3 is 0 Å². The first-order valence-electron chi connectivity index (χ1n) is 7.15. The number of hydrogen-bond donors (Lipinski definition) is 1. The van der Waals surface area contributed by atoms with Gasteiger partial charge in [0.2, 0.25) is 0 Å². The van der Waals surface area contributed by atoms with E-state index in [-0.39, 0.29) is 0 Å². The van der Waals surface area contributed by atoms with Crippen LogP contribution in [0.4, 0.5) is 5.82 Å². The Balaban J connectivity index is 1.42. The Morgan fingerprint density at radius 2 is 2.06 bits per heavy atom. The molecule has 1 aliphatic heterocycles. The molecular formula is C14H22N4. The Hall–Kier alpha value is -1.16. The van der Waals surface area contributed by atoms with Gasteiger partial charge < -0.3 is 10.2 Å². The van der Waals surface area contributed by atoms with Crippen molar-refractivity contribution in [3.8, 4) is 0 Å². The summed E-state index contributed by atoms with van der Waals surface area (Å²) in [5, 5.41) is 3.50. The van der Waals surface area contributed by atoms with Crippen LogP contribution >= 0.6 is 0 Å². The number of aromatic nitrogens is 2. The molecule has 2 heterocycles. The molecule has 1 aliphatic carbocycles. The summed E-state index contributed by atoms with van der Waals surface area (Å²) in [7, 11) is 0. The normalized spacial score (nSPS) is 22.7. The van der Waals surface area contributed by atoms with Gasteiger partial charge in [0.1, 0.15) is 12.1 Å². The van der Waals surface area contributed by atoms with Crippen LogP contribution in [-0.2, 0) is 0 Å². The Morgan fingerprint density at radius 1 is 1.22 bits per heavy atom. The third-order valence-corrected chi connectivity index (χ3v) is 4.26. The van der Waals surface area contributed by atoms with Crippen molar-refractivity contribution in [3.63, 3.8) is 0 Å². The molecular weight excluding hydrogens is 224 g/mol. The third-order valence-electron chi connectivity index (χ3n) is 4.26. The Morgan fingerprint density at radius 3 is 2.67 bits per heavy atom. The average Bonchev–Trinajstić information content (AvgIpc) is 2.37. The average molecular weight is 246 g/mol.